The first-order valence-corrected chi connectivity index (χ1v) is 7.20. The van der Waals surface area contributed by atoms with E-state index in [0.717, 1.165) is 13.0 Å². The Morgan fingerprint density at radius 3 is 1.65 bits per heavy atom. The molecule has 0 atom stereocenters. The minimum atomic E-state index is -6.29. The van der Waals surface area contributed by atoms with Crippen molar-refractivity contribution >= 4 is 46.4 Å². The van der Waals surface area contributed by atoms with E-state index in [4.69, 9.17) is 46.4 Å². The van der Waals surface area contributed by atoms with Gasteiger partial charge in [0, 0.05) is 17.0 Å². The Kier molecular flexibility index (Phi) is 5.75. The van der Waals surface area contributed by atoms with E-state index in [-0.39, 0.29) is 5.56 Å². The van der Waals surface area contributed by atoms with Crippen molar-refractivity contribution in [3.8, 4) is 0 Å². The molecule has 0 amide bonds. The molecule has 0 nitrogen and oxygen atoms in total. The van der Waals surface area contributed by atoms with Crippen LogP contribution in [0.2, 0.25) is 5.02 Å². The molecule has 0 saturated carbocycles. The molecule has 0 heterocycles. The number of alkyl halides is 10. The number of hydrogen-bond acceptors (Lipinski definition) is 0. The van der Waals surface area contributed by atoms with Crippen molar-refractivity contribution in [1.29, 1.82) is 0 Å². The van der Waals surface area contributed by atoms with Gasteiger partial charge in [0.2, 0.25) is 0 Å². The fourth-order valence-electron chi connectivity index (χ4n) is 1.93. The van der Waals surface area contributed by atoms with Gasteiger partial charge in [-0.3, -0.25) is 0 Å². The molecule has 1 aromatic rings. The van der Waals surface area contributed by atoms with Crippen molar-refractivity contribution in [3.05, 3.63) is 33.8 Å². The van der Waals surface area contributed by atoms with Crippen LogP contribution >= 0.6 is 46.4 Å². The second kappa shape index (κ2) is 6.32. The van der Waals surface area contributed by atoms with Gasteiger partial charge in [-0.1, -0.05) is 52.5 Å². The van der Waals surface area contributed by atoms with E-state index in [1.54, 1.807) is 0 Å². The lowest BCUT2D eigenvalue weighted by Gasteiger charge is -2.33. The lowest BCUT2D eigenvalue weighted by Crippen LogP contribution is -2.51. The summed E-state index contributed by atoms with van der Waals surface area (Å²) in [5.74, 6) is 0. The van der Waals surface area contributed by atoms with E-state index in [1.807, 2.05) is 0 Å². The summed E-state index contributed by atoms with van der Waals surface area (Å²) in [5, 5.41) is -0.568. The van der Waals surface area contributed by atoms with Gasteiger partial charge in [-0.2, -0.15) is 26.3 Å². The second-order valence-electron chi connectivity index (χ2n) is 4.72. The molecule has 0 spiro atoms. The number of hydrogen-bond donors (Lipinski definition) is 0. The molecule has 0 unspecified atom stereocenters. The Balaban J connectivity index is 3.80. The maximum atomic E-state index is 14.3. The molecule has 0 bridgehead atoms. The van der Waals surface area contributed by atoms with Gasteiger partial charge >= 0.3 is 18.0 Å². The summed E-state index contributed by atoms with van der Waals surface area (Å²) in [6.45, 7) is 1.15. The van der Waals surface area contributed by atoms with Crippen molar-refractivity contribution < 1.29 is 30.7 Å². The highest BCUT2D eigenvalue weighted by atomic mass is 35.6. The SMILES string of the molecule is Cc1cc(Cl)c(CC(Cl)(Cl)Cl)c(C(F)(C(F)(F)F)C(F)(F)F)c1. The molecule has 0 aromatic heterocycles. The molecular formula is C12H7Cl4F7. The van der Waals surface area contributed by atoms with Crippen LogP contribution < -0.4 is 0 Å². The van der Waals surface area contributed by atoms with Crippen LogP contribution in [-0.4, -0.2) is 16.1 Å². The van der Waals surface area contributed by atoms with Crippen LogP contribution in [-0.2, 0) is 12.1 Å². The van der Waals surface area contributed by atoms with Crippen molar-refractivity contribution in [2.75, 3.05) is 0 Å². The quantitative estimate of drug-likeness (QED) is 0.359. The van der Waals surface area contributed by atoms with E-state index in [2.05, 4.69) is 0 Å². The van der Waals surface area contributed by atoms with E-state index >= 15 is 0 Å². The van der Waals surface area contributed by atoms with Gasteiger partial charge in [0.25, 0.3) is 0 Å². The zero-order valence-corrected chi connectivity index (χ0v) is 14.0. The van der Waals surface area contributed by atoms with E-state index in [9.17, 15) is 30.7 Å². The van der Waals surface area contributed by atoms with Crippen LogP contribution in [0.1, 0.15) is 16.7 Å². The van der Waals surface area contributed by atoms with E-state index in [0.29, 0.717) is 6.07 Å². The molecule has 1 rings (SSSR count). The summed E-state index contributed by atoms with van der Waals surface area (Å²) in [6, 6.07) is 1.43. The fourth-order valence-corrected chi connectivity index (χ4v) is 2.67. The average molecular weight is 426 g/mol. The summed E-state index contributed by atoms with van der Waals surface area (Å²) in [6.07, 6.45) is -13.5. The summed E-state index contributed by atoms with van der Waals surface area (Å²) in [4.78, 5) is 0. The topological polar surface area (TPSA) is 0 Å². The molecule has 0 N–H and O–H groups in total. The molecule has 1 aromatic carbocycles. The van der Waals surface area contributed by atoms with Gasteiger partial charge in [-0.25, -0.2) is 4.39 Å². The zero-order chi connectivity index (χ0) is 18.4. The highest BCUT2D eigenvalue weighted by Crippen LogP contribution is 2.55. The van der Waals surface area contributed by atoms with Gasteiger partial charge in [0.05, 0.1) is 0 Å². The van der Waals surface area contributed by atoms with Gasteiger partial charge < -0.3 is 0 Å². The molecule has 132 valence electrons. The van der Waals surface area contributed by atoms with Crippen LogP contribution in [0.25, 0.3) is 0 Å². The molecule has 0 aliphatic heterocycles. The molecule has 0 aliphatic carbocycles. The number of benzene rings is 1. The minimum absolute atomic E-state index is 0.117. The third-order valence-corrected chi connectivity index (χ3v) is 3.61. The highest BCUT2D eigenvalue weighted by Gasteiger charge is 2.74. The third-order valence-electron chi connectivity index (χ3n) is 2.87. The first-order chi connectivity index (χ1) is 10.0. The molecule has 11 heteroatoms. The van der Waals surface area contributed by atoms with Gasteiger partial charge in [-0.15, -0.1) is 0 Å². The second-order valence-corrected chi connectivity index (χ2v) is 7.64. The lowest BCUT2D eigenvalue weighted by molar-refractivity contribution is -0.348. The lowest BCUT2D eigenvalue weighted by atomic mass is 9.87. The Morgan fingerprint density at radius 2 is 1.30 bits per heavy atom. The molecule has 0 saturated heterocycles. The Hall–Kier alpha value is -0.110. The molecule has 0 fully saturated rings. The zero-order valence-electron chi connectivity index (χ0n) is 11.0. The monoisotopic (exact) mass is 424 g/mol. The predicted molar refractivity (Wildman–Crippen MR) is 75.1 cm³/mol. The Bertz CT molecular complexity index is 573. The van der Waals surface area contributed by atoms with E-state index < -0.39 is 44.4 Å². The minimum Gasteiger partial charge on any atom is -0.218 e. The Morgan fingerprint density at radius 1 is 0.870 bits per heavy atom. The van der Waals surface area contributed by atoms with Crippen LogP contribution in [0.4, 0.5) is 30.7 Å². The summed E-state index contributed by atoms with van der Waals surface area (Å²) < 4.78 is 89.6. The van der Waals surface area contributed by atoms with Crippen molar-refractivity contribution in [2.24, 2.45) is 0 Å². The third kappa shape index (κ3) is 4.30. The van der Waals surface area contributed by atoms with Crippen LogP contribution in [0.3, 0.4) is 0 Å². The van der Waals surface area contributed by atoms with Crippen LogP contribution in [0.15, 0.2) is 12.1 Å². The maximum absolute atomic E-state index is 14.3. The molecule has 0 radical (unpaired) electrons. The number of aryl methyl sites for hydroxylation is 1. The number of halogens is 11. The van der Waals surface area contributed by atoms with Gasteiger partial charge in [0.15, 0.2) is 3.79 Å². The van der Waals surface area contributed by atoms with Crippen molar-refractivity contribution in [1.82, 2.24) is 0 Å². The van der Waals surface area contributed by atoms with Crippen molar-refractivity contribution in [3.63, 3.8) is 0 Å². The molecule has 23 heavy (non-hydrogen) atoms. The summed E-state index contributed by atoms with van der Waals surface area (Å²) >= 11 is 21.9. The average Bonchev–Trinajstić information content (AvgIpc) is 2.26. The summed E-state index contributed by atoms with van der Waals surface area (Å²) in [7, 11) is 0. The van der Waals surface area contributed by atoms with Crippen LogP contribution in [0.5, 0.6) is 0 Å². The largest absolute Gasteiger partial charge is 0.435 e. The Labute approximate surface area is 146 Å². The van der Waals surface area contributed by atoms with Crippen molar-refractivity contribution in [2.45, 2.75) is 35.2 Å². The maximum Gasteiger partial charge on any atom is 0.435 e. The normalized spacial score (nSPS) is 14.3. The molecular weight excluding hydrogens is 419 g/mol. The van der Waals surface area contributed by atoms with Crippen LogP contribution in [0, 0.1) is 6.92 Å². The molecule has 0 aliphatic rings. The van der Waals surface area contributed by atoms with Gasteiger partial charge in [0.1, 0.15) is 0 Å². The first-order valence-electron chi connectivity index (χ1n) is 5.69. The van der Waals surface area contributed by atoms with E-state index in [1.165, 1.54) is 0 Å². The van der Waals surface area contributed by atoms with Gasteiger partial charge in [-0.05, 0) is 24.1 Å². The smallest absolute Gasteiger partial charge is 0.218 e. The standard InChI is InChI=1S/C12H7Cl4F7/c1-5-2-7(6(8(13)3-5)4-9(14,15)16)10(17,11(18,19)20)12(21,22)23/h2-3H,4H2,1H3. The highest BCUT2D eigenvalue weighted by molar-refractivity contribution is 6.67. The summed E-state index contributed by atoms with van der Waals surface area (Å²) in [5.41, 5.74) is -8.39. The number of rotatable bonds is 2. The fraction of sp³-hybridized carbons (Fsp3) is 0.500. The first kappa shape index (κ1) is 20.9. The predicted octanol–water partition coefficient (Wildman–Crippen LogP) is 6.85.